The first-order chi connectivity index (χ1) is 13.9. The van der Waals surface area contributed by atoms with Gasteiger partial charge in [-0.3, -0.25) is 14.2 Å². The number of amides is 2. The Kier molecular flexibility index (Phi) is 6.66. The summed E-state index contributed by atoms with van der Waals surface area (Å²) in [7, 11) is 0. The Morgan fingerprint density at radius 3 is 2.41 bits per heavy atom. The van der Waals surface area contributed by atoms with Crippen LogP contribution in [-0.2, 0) is 11.3 Å². The number of carbonyl (C=O) groups is 2. The van der Waals surface area contributed by atoms with Gasteiger partial charge in [0, 0.05) is 17.8 Å². The molecule has 1 heterocycles. The van der Waals surface area contributed by atoms with E-state index in [2.05, 4.69) is 41.5 Å². The van der Waals surface area contributed by atoms with Crippen molar-refractivity contribution in [3.05, 3.63) is 71.5 Å². The Balaban J connectivity index is 1.54. The van der Waals surface area contributed by atoms with Crippen LogP contribution in [0.2, 0.25) is 0 Å². The molecule has 0 spiro atoms. The van der Waals surface area contributed by atoms with Gasteiger partial charge in [-0.25, -0.2) is 0 Å². The minimum absolute atomic E-state index is 0.112. The first kappa shape index (κ1) is 20.6. The first-order valence-corrected chi connectivity index (χ1v) is 10.2. The lowest BCUT2D eigenvalue weighted by atomic mass is 10.0. The molecule has 29 heavy (non-hydrogen) atoms. The van der Waals surface area contributed by atoms with Crippen molar-refractivity contribution in [2.24, 2.45) is 5.73 Å². The molecular weight excluding hydrogens is 386 g/mol. The maximum atomic E-state index is 12.2. The fourth-order valence-electron chi connectivity index (χ4n) is 2.69. The number of nitrogens with one attached hydrogen (secondary N) is 1. The van der Waals surface area contributed by atoms with Gasteiger partial charge in [0.2, 0.25) is 11.8 Å². The van der Waals surface area contributed by atoms with E-state index in [9.17, 15) is 9.59 Å². The molecule has 0 saturated carbocycles. The maximum Gasteiger partial charge on any atom is 0.248 e. The SMILES string of the molecule is CC(C)c1ccc(-n2cnnc2SCC(=O)NCc2ccc(C(N)=O)cc2)cc1. The van der Waals surface area contributed by atoms with Gasteiger partial charge in [-0.15, -0.1) is 10.2 Å². The van der Waals surface area contributed by atoms with E-state index >= 15 is 0 Å². The van der Waals surface area contributed by atoms with Crippen molar-refractivity contribution in [2.45, 2.75) is 31.5 Å². The van der Waals surface area contributed by atoms with Crippen LogP contribution in [0.3, 0.4) is 0 Å². The van der Waals surface area contributed by atoms with Crippen molar-refractivity contribution in [3.63, 3.8) is 0 Å². The molecule has 8 heteroatoms. The number of aromatic nitrogens is 3. The predicted molar refractivity (Wildman–Crippen MR) is 113 cm³/mol. The fraction of sp³-hybridized carbons (Fsp3) is 0.238. The Morgan fingerprint density at radius 1 is 1.10 bits per heavy atom. The summed E-state index contributed by atoms with van der Waals surface area (Å²) in [6.45, 7) is 4.68. The Hall–Kier alpha value is -3.13. The molecule has 3 N–H and O–H groups in total. The highest BCUT2D eigenvalue weighted by molar-refractivity contribution is 7.99. The van der Waals surface area contributed by atoms with Gasteiger partial charge < -0.3 is 11.1 Å². The van der Waals surface area contributed by atoms with Crippen LogP contribution in [0.5, 0.6) is 0 Å². The van der Waals surface area contributed by atoms with Crippen LogP contribution >= 0.6 is 11.8 Å². The Bertz CT molecular complexity index is 981. The number of benzene rings is 2. The third-order valence-corrected chi connectivity index (χ3v) is 5.36. The lowest BCUT2D eigenvalue weighted by molar-refractivity contribution is -0.118. The van der Waals surface area contributed by atoms with Gasteiger partial charge in [0.25, 0.3) is 0 Å². The van der Waals surface area contributed by atoms with E-state index in [1.54, 1.807) is 30.6 Å². The van der Waals surface area contributed by atoms with Gasteiger partial charge in [-0.2, -0.15) is 0 Å². The van der Waals surface area contributed by atoms with Crippen molar-refractivity contribution < 1.29 is 9.59 Å². The van der Waals surface area contributed by atoms with Crippen LogP contribution in [0.25, 0.3) is 5.69 Å². The topological polar surface area (TPSA) is 103 Å². The molecule has 0 radical (unpaired) electrons. The number of rotatable bonds is 8. The Labute approximate surface area is 173 Å². The maximum absolute atomic E-state index is 12.2. The zero-order valence-electron chi connectivity index (χ0n) is 16.3. The molecule has 0 aliphatic heterocycles. The number of nitrogens with zero attached hydrogens (tertiary/aromatic N) is 3. The van der Waals surface area contributed by atoms with Crippen LogP contribution in [0.1, 0.15) is 41.3 Å². The lowest BCUT2D eigenvalue weighted by Gasteiger charge is -2.09. The third kappa shape index (κ3) is 5.45. The van der Waals surface area contributed by atoms with E-state index in [4.69, 9.17) is 5.73 Å². The molecule has 7 nitrogen and oxygen atoms in total. The van der Waals surface area contributed by atoms with Crippen molar-refractivity contribution in [1.29, 1.82) is 0 Å². The number of hydrogen-bond donors (Lipinski definition) is 2. The largest absolute Gasteiger partial charge is 0.366 e. The van der Waals surface area contributed by atoms with E-state index in [1.807, 2.05) is 16.7 Å². The minimum Gasteiger partial charge on any atom is -0.366 e. The molecule has 3 aromatic rings. The number of thioether (sulfide) groups is 1. The highest BCUT2D eigenvalue weighted by Gasteiger charge is 2.11. The monoisotopic (exact) mass is 409 g/mol. The Morgan fingerprint density at radius 2 is 1.79 bits per heavy atom. The second-order valence-corrected chi connectivity index (χ2v) is 7.80. The molecule has 0 fully saturated rings. The fourth-order valence-corrected chi connectivity index (χ4v) is 3.45. The van der Waals surface area contributed by atoms with E-state index < -0.39 is 5.91 Å². The molecular formula is C21H23N5O2S. The van der Waals surface area contributed by atoms with Gasteiger partial charge in [-0.1, -0.05) is 49.9 Å². The first-order valence-electron chi connectivity index (χ1n) is 9.22. The summed E-state index contributed by atoms with van der Waals surface area (Å²) in [6, 6.07) is 15.1. The second kappa shape index (κ2) is 9.38. The number of carbonyl (C=O) groups excluding carboxylic acids is 2. The van der Waals surface area contributed by atoms with Gasteiger partial charge in [-0.05, 0) is 41.3 Å². The standard InChI is InChI=1S/C21H23N5O2S/c1-14(2)16-7-9-18(10-8-16)26-13-24-25-21(26)29-12-19(27)23-11-15-3-5-17(6-4-15)20(22)28/h3-10,13-14H,11-12H2,1-2H3,(H2,22,28)(H,23,27). The van der Waals surface area contributed by atoms with Gasteiger partial charge in [0.1, 0.15) is 6.33 Å². The molecule has 150 valence electrons. The second-order valence-electron chi connectivity index (χ2n) is 6.86. The van der Waals surface area contributed by atoms with Gasteiger partial charge in [0.05, 0.1) is 5.75 Å². The lowest BCUT2D eigenvalue weighted by Crippen LogP contribution is -2.24. The van der Waals surface area contributed by atoms with E-state index in [-0.39, 0.29) is 11.7 Å². The molecule has 1 aromatic heterocycles. The van der Waals surface area contributed by atoms with Crippen LogP contribution in [0, 0.1) is 0 Å². The van der Waals surface area contributed by atoms with Crippen molar-refractivity contribution in [1.82, 2.24) is 20.1 Å². The van der Waals surface area contributed by atoms with Crippen molar-refractivity contribution in [2.75, 3.05) is 5.75 Å². The average molecular weight is 410 g/mol. The summed E-state index contributed by atoms with van der Waals surface area (Å²) in [6.07, 6.45) is 1.64. The molecule has 2 amide bonds. The van der Waals surface area contributed by atoms with Crippen LogP contribution in [-0.4, -0.2) is 32.3 Å². The summed E-state index contributed by atoms with van der Waals surface area (Å²) < 4.78 is 1.87. The number of hydrogen-bond acceptors (Lipinski definition) is 5. The zero-order chi connectivity index (χ0) is 20.8. The molecule has 0 aliphatic carbocycles. The minimum atomic E-state index is -0.472. The molecule has 0 saturated heterocycles. The normalized spacial score (nSPS) is 10.9. The van der Waals surface area contributed by atoms with E-state index in [0.29, 0.717) is 23.2 Å². The van der Waals surface area contributed by atoms with Crippen LogP contribution in [0.4, 0.5) is 0 Å². The molecule has 0 unspecified atom stereocenters. The summed E-state index contributed by atoms with van der Waals surface area (Å²) in [5, 5.41) is 11.6. The van der Waals surface area contributed by atoms with Crippen molar-refractivity contribution in [3.8, 4) is 5.69 Å². The molecule has 0 bridgehead atoms. The summed E-state index contributed by atoms with van der Waals surface area (Å²) >= 11 is 1.32. The molecule has 0 aliphatic rings. The summed E-state index contributed by atoms with van der Waals surface area (Å²) in [4.78, 5) is 23.3. The van der Waals surface area contributed by atoms with E-state index in [0.717, 1.165) is 11.3 Å². The number of nitrogens with two attached hydrogens (primary N) is 1. The van der Waals surface area contributed by atoms with Gasteiger partial charge in [0.15, 0.2) is 5.16 Å². The van der Waals surface area contributed by atoms with Crippen LogP contribution < -0.4 is 11.1 Å². The van der Waals surface area contributed by atoms with Crippen molar-refractivity contribution >= 4 is 23.6 Å². The predicted octanol–water partition coefficient (Wildman–Crippen LogP) is 2.90. The summed E-state index contributed by atoms with van der Waals surface area (Å²) in [5.74, 6) is 0.107. The zero-order valence-corrected chi connectivity index (χ0v) is 17.1. The van der Waals surface area contributed by atoms with Gasteiger partial charge >= 0.3 is 0 Å². The average Bonchev–Trinajstić information content (AvgIpc) is 3.19. The quantitative estimate of drug-likeness (QED) is 0.557. The molecule has 2 aromatic carbocycles. The van der Waals surface area contributed by atoms with E-state index in [1.165, 1.54) is 17.3 Å². The highest BCUT2D eigenvalue weighted by Crippen LogP contribution is 2.21. The van der Waals surface area contributed by atoms with Crippen LogP contribution in [0.15, 0.2) is 60.0 Å². The molecule has 0 atom stereocenters. The summed E-state index contributed by atoms with van der Waals surface area (Å²) in [5.41, 5.74) is 8.77. The third-order valence-electron chi connectivity index (χ3n) is 4.41. The smallest absolute Gasteiger partial charge is 0.248 e. The molecule has 3 rings (SSSR count). The highest BCUT2D eigenvalue weighted by atomic mass is 32.2. The number of primary amides is 1.